The van der Waals surface area contributed by atoms with E-state index in [2.05, 4.69) is 53.1 Å². The first-order valence-corrected chi connectivity index (χ1v) is 8.68. The monoisotopic (exact) mass is 479 g/mol. The van der Waals surface area contributed by atoms with Gasteiger partial charge in [-0.15, -0.1) is 0 Å². The van der Waals surface area contributed by atoms with Crippen LogP contribution < -0.4 is 10.1 Å². The average Bonchev–Trinajstić information content (AvgIpc) is 2.43. The van der Waals surface area contributed by atoms with E-state index in [-0.39, 0.29) is 5.82 Å². The van der Waals surface area contributed by atoms with E-state index in [9.17, 15) is 4.39 Å². The Labute approximate surface area is 148 Å². The van der Waals surface area contributed by atoms with E-state index in [1.807, 2.05) is 19.1 Å². The van der Waals surface area contributed by atoms with E-state index in [0.717, 1.165) is 24.7 Å². The molecule has 0 aliphatic heterocycles. The highest BCUT2D eigenvalue weighted by Crippen LogP contribution is 2.33. The molecule has 2 nitrogen and oxygen atoms in total. The highest BCUT2D eigenvalue weighted by Gasteiger charge is 2.11. The minimum atomic E-state index is -0.287. The molecule has 21 heavy (non-hydrogen) atoms. The zero-order chi connectivity index (χ0) is 15.4. The Morgan fingerprint density at radius 2 is 1.86 bits per heavy atom. The zero-order valence-electron chi connectivity index (χ0n) is 11.2. The minimum absolute atomic E-state index is 0.287. The first kappa shape index (κ1) is 16.8. The number of halogens is 4. The van der Waals surface area contributed by atoms with Gasteiger partial charge in [-0.3, -0.25) is 0 Å². The number of hydrogen-bond acceptors (Lipinski definition) is 2. The molecule has 2 rings (SSSR count). The van der Waals surface area contributed by atoms with Gasteiger partial charge in [0.1, 0.15) is 11.6 Å². The summed E-state index contributed by atoms with van der Waals surface area (Å²) in [5.41, 5.74) is 1.39. The SMILES string of the molecule is CCOc1c(Br)cc(Br)cc1CNc1cc(Br)ccc1F. The number of benzene rings is 2. The van der Waals surface area contributed by atoms with Crippen LogP contribution in [0.1, 0.15) is 12.5 Å². The van der Waals surface area contributed by atoms with E-state index in [1.54, 1.807) is 12.1 Å². The van der Waals surface area contributed by atoms with Gasteiger partial charge in [-0.2, -0.15) is 0 Å². The Morgan fingerprint density at radius 3 is 2.57 bits per heavy atom. The third kappa shape index (κ3) is 4.44. The summed E-state index contributed by atoms with van der Waals surface area (Å²) in [5.74, 6) is 0.480. The quantitative estimate of drug-likeness (QED) is 0.555. The van der Waals surface area contributed by atoms with Crippen LogP contribution in [-0.4, -0.2) is 6.61 Å². The fourth-order valence-electron chi connectivity index (χ4n) is 1.87. The van der Waals surface area contributed by atoms with Crippen molar-refractivity contribution in [2.24, 2.45) is 0 Å². The Bertz CT molecular complexity index is 649. The molecule has 0 radical (unpaired) electrons. The summed E-state index contributed by atoms with van der Waals surface area (Å²) in [4.78, 5) is 0. The Hall–Kier alpha value is -0.590. The molecule has 0 atom stereocenters. The van der Waals surface area contributed by atoms with Crippen LogP contribution in [0.5, 0.6) is 5.75 Å². The van der Waals surface area contributed by atoms with Crippen LogP contribution in [0.25, 0.3) is 0 Å². The zero-order valence-corrected chi connectivity index (χ0v) is 16.0. The molecule has 2 aromatic carbocycles. The minimum Gasteiger partial charge on any atom is -0.492 e. The van der Waals surface area contributed by atoms with Crippen molar-refractivity contribution in [1.29, 1.82) is 0 Å². The molecule has 0 aliphatic carbocycles. The molecule has 112 valence electrons. The predicted molar refractivity (Wildman–Crippen MR) is 94.4 cm³/mol. The van der Waals surface area contributed by atoms with Gasteiger partial charge < -0.3 is 10.1 Å². The average molecular weight is 482 g/mol. The van der Waals surface area contributed by atoms with Crippen molar-refractivity contribution in [3.63, 3.8) is 0 Å². The highest BCUT2D eigenvalue weighted by atomic mass is 79.9. The summed E-state index contributed by atoms with van der Waals surface area (Å²) in [6.45, 7) is 2.96. The molecular weight excluding hydrogens is 469 g/mol. The van der Waals surface area contributed by atoms with Crippen LogP contribution >= 0.6 is 47.8 Å². The van der Waals surface area contributed by atoms with E-state index in [0.29, 0.717) is 18.8 Å². The lowest BCUT2D eigenvalue weighted by atomic mass is 10.2. The van der Waals surface area contributed by atoms with Crippen molar-refractivity contribution < 1.29 is 9.13 Å². The van der Waals surface area contributed by atoms with Crippen LogP contribution in [0.4, 0.5) is 10.1 Å². The van der Waals surface area contributed by atoms with Crippen LogP contribution in [-0.2, 0) is 6.54 Å². The largest absolute Gasteiger partial charge is 0.492 e. The maximum atomic E-state index is 13.7. The van der Waals surface area contributed by atoms with Crippen LogP contribution in [0, 0.1) is 5.82 Å². The van der Waals surface area contributed by atoms with Gasteiger partial charge in [-0.05, 0) is 53.2 Å². The fourth-order valence-corrected chi connectivity index (χ4v) is 3.66. The summed E-state index contributed by atoms with van der Waals surface area (Å²) in [6.07, 6.45) is 0. The number of ether oxygens (including phenoxy) is 1. The number of anilines is 1. The molecule has 0 fully saturated rings. The molecule has 2 aromatic rings. The van der Waals surface area contributed by atoms with Crippen molar-refractivity contribution in [2.45, 2.75) is 13.5 Å². The number of nitrogens with one attached hydrogen (secondary N) is 1. The molecule has 0 spiro atoms. The Balaban J connectivity index is 2.25. The predicted octanol–water partition coefficient (Wildman–Crippen LogP) is 6.12. The van der Waals surface area contributed by atoms with Gasteiger partial charge in [-0.1, -0.05) is 31.9 Å². The first-order valence-electron chi connectivity index (χ1n) is 6.31. The molecule has 0 heterocycles. The maximum Gasteiger partial charge on any atom is 0.146 e. The second-order valence-electron chi connectivity index (χ2n) is 4.29. The first-order chi connectivity index (χ1) is 10.0. The van der Waals surface area contributed by atoms with E-state index < -0.39 is 0 Å². The fraction of sp³-hybridized carbons (Fsp3) is 0.200. The molecule has 0 saturated carbocycles. The lowest BCUT2D eigenvalue weighted by Crippen LogP contribution is -2.05. The molecule has 0 unspecified atom stereocenters. The van der Waals surface area contributed by atoms with Gasteiger partial charge in [0.05, 0.1) is 16.8 Å². The van der Waals surface area contributed by atoms with Gasteiger partial charge >= 0.3 is 0 Å². The third-order valence-corrected chi connectivity index (χ3v) is 4.31. The van der Waals surface area contributed by atoms with Crippen molar-refractivity contribution in [2.75, 3.05) is 11.9 Å². The van der Waals surface area contributed by atoms with E-state index in [1.165, 1.54) is 6.07 Å². The van der Waals surface area contributed by atoms with Gasteiger partial charge in [-0.25, -0.2) is 4.39 Å². The number of hydrogen-bond donors (Lipinski definition) is 1. The smallest absolute Gasteiger partial charge is 0.146 e. The standard InChI is InChI=1S/C15H13Br3FNO/c1-2-21-15-9(5-11(17)6-12(15)18)8-20-14-7-10(16)3-4-13(14)19/h3-7,20H,2,8H2,1H3. The second-order valence-corrected chi connectivity index (χ2v) is 6.97. The lowest BCUT2D eigenvalue weighted by molar-refractivity contribution is 0.334. The molecule has 0 amide bonds. The van der Waals surface area contributed by atoms with Crippen molar-refractivity contribution in [1.82, 2.24) is 0 Å². The molecular formula is C15H13Br3FNO. The molecule has 0 saturated heterocycles. The van der Waals surface area contributed by atoms with Crippen LogP contribution in [0.2, 0.25) is 0 Å². The summed E-state index contributed by atoms with van der Waals surface area (Å²) < 4.78 is 22.0. The maximum absolute atomic E-state index is 13.7. The van der Waals surface area contributed by atoms with Gasteiger partial charge in [0.25, 0.3) is 0 Å². The van der Waals surface area contributed by atoms with Crippen molar-refractivity contribution in [3.8, 4) is 5.75 Å². The summed E-state index contributed by atoms with van der Waals surface area (Å²) >= 11 is 10.3. The van der Waals surface area contributed by atoms with Gasteiger partial charge in [0, 0.05) is 21.1 Å². The molecule has 1 N–H and O–H groups in total. The third-order valence-electron chi connectivity index (χ3n) is 2.77. The number of rotatable bonds is 5. The summed E-state index contributed by atoms with van der Waals surface area (Å²) in [7, 11) is 0. The molecule has 0 aromatic heterocycles. The second kappa shape index (κ2) is 7.61. The van der Waals surface area contributed by atoms with E-state index >= 15 is 0 Å². The van der Waals surface area contributed by atoms with Crippen LogP contribution in [0.15, 0.2) is 43.7 Å². The summed E-state index contributed by atoms with van der Waals surface area (Å²) in [6, 6.07) is 8.68. The lowest BCUT2D eigenvalue weighted by Gasteiger charge is -2.15. The molecule has 0 aliphatic rings. The van der Waals surface area contributed by atoms with Crippen LogP contribution in [0.3, 0.4) is 0 Å². The normalized spacial score (nSPS) is 10.5. The van der Waals surface area contributed by atoms with E-state index in [4.69, 9.17) is 4.74 Å². The Morgan fingerprint density at radius 1 is 1.10 bits per heavy atom. The summed E-state index contributed by atoms with van der Waals surface area (Å²) in [5, 5.41) is 3.10. The van der Waals surface area contributed by atoms with Crippen molar-refractivity contribution in [3.05, 3.63) is 55.1 Å². The van der Waals surface area contributed by atoms with Crippen molar-refractivity contribution >= 4 is 53.5 Å². The van der Waals surface area contributed by atoms with Gasteiger partial charge in [0.15, 0.2) is 0 Å². The molecule has 6 heteroatoms. The van der Waals surface area contributed by atoms with Gasteiger partial charge in [0.2, 0.25) is 0 Å². The Kier molecular flexibility index (Phi) is 6.08. The topological polar surface area (TPSA) is 21.3 Å². The highest BCUT2D eigenvalue weighted by molar-refractivity contribution is 9.11. The molecule has 0 bridgehead atoms.